The molecule has 1 unspecified atom stereocenters. The minimum Gasteiger partial charge on any atom is -0.490 e. The molecule has 1 aromatic heterocycles. The molecule has 1 fully saturated rings. The van der Waals surface area contributed by atoms with Gasteiger partial charge >= 0.3 is 6.09 Å². The van der Waals surface area contributed by atoms with Gasteiger partial charge < -0.3 is 14.4 Å². The van der Waals surface area contributed by atoms with Crippen LogP contribution in [0.3, 0.4) is 0 Å². The van der Waals surface area contributed by atoms with Crippen molar-refractivity contribution < 1.29 is 14.3 Å². The average molecular weight is 405 g/mol. The summed E-state index contributed by atoms with van der Waals surface area (Å²) in [6, 6.07) is 10.2. The monoisotopic (exact) mass is 405 g/mol. The molecular formula is C24H27N3O3. The zero-order valence-corrected chi connectivity index (χ0v) is 17.7. The zero-order chi connectivity index (χ0) is 21.3. The lowest BCUT2D eigenvalue weighted by atomic mass is 9.88. The quantitative estimate of drug-likeness (QED) is 0.731. The molecule has 0 bridgehead atoms. The molecule has 0 spiro atoms. The first-order chi connectivity index (χ1) is 14.3. The van der Waals surface area contributed by atoms with E-state index < -0.39 is 5.60 Å². The number of hydrogen-bond acceptors (Lipinski definition) is 5. The molecule has 1 aromatic carbocycles. The van der Waals surface area contributed by atoms with Crippen molar-refractivity contribution in [3.63, 3.8) is 0 Å². The Bertz CT molecular complexity index is 982. The summed E-state index contributed by atoms with van der Waals surface area (Å²) in [5.41, 5.74) is 3.18. The second-order valence-corrected chi connectivity index (χ2v) is 9.02. The number of fused-ring (bicyclic) bond motifs is 1. The number of piperidine rings is 1. The van der Waals surface area contributed by atoms with Gasteiger partial charge in [-0.05, 0) is 68.9 Å². The summed E-state index contributed by atoms with van der Waals surface area (Å²) in [6.07, 6.45) is 5.88. The van der Waals surface area contributed by atoms with Gasteiger partial charge in [-0.15, -0.1) is 0 Å². The molecule has 1 atom stereocenters. The summed E-state index contributed by atoms with van der Waals surface area (Å²) in [5.74, 6) is 1.33. The zero-order valence-electron chi connectivity index (χ0n) is 17.7. The number of nitrogens with zero attached hydrogens (tertiary/aromatic N) is 3. The molecule has 2 aromatic rings. The lowest BCUT2D eigenvalue weighted by Crippen LogP contribution is -2.44. The first-order valence-electron chi connectivity index (χ1n) is 10.5. The van der Waals surface area contributed by atoms with Gasteiger partial charge in [-0.25, -0.2) is 4.79 Å². The molecule has 156 valence electrons. The number of hydrogen-bond donors (Lipinski definition) is 0. The predicted octanol–water partition coefficient (Wildman–Crippen LogP) is 4.57. The van der Waals surface area contributed by atoms with E-state index in [1.807, 2.05) is 39.0 Å². The van der Waals surface area contributed by atoms with E-state index in [1.54, 1.807) is 17.3 Å². The normalized spacial score (nSPS) is 19.0. The second kappa shape index (κ2) is 7.98. The number of benzene rings is 1. The third-order valence-electron chi connectivity index (χ3n) is 5.73. The van der Waals surface area contributed by atoms with E-state index in [2.05, 4.69) is 17.1 Å². The minimum atomic E-state index is -0.470. The lowest BCUT2D eigenvalue weighted by molar-refractivity contribution is 0.0123. The number of amides is 1. The molecule has 3 heterocycles. The molecule has 2 aliphatic heterocycles. The van der Waals surface area contributed by atoms with E-state index in [4.69, 9.17) is 9.47 Å². The van der Waals surface area contributed by atoms with E-state index in [0.29, 0.717) is 24.6 Å². The van der Waals surface area contributed by atoms with E-state index in [1.165, 1.54) is 5.56 Å². The third-order valence-corrected chi connectivity index (χ3v) is 5.73. The fourth-order valence-electron chi connectivity index (χ4n) is 4.22. The van der Waals surface area contributed by atoms with Gasteiger partial charge in [-0.1, -0.05) is 6.07 Å². The standard InChI is InChI=1S/C24H27N3O3/c1-24(2,3)30-23(28)27-10-7-16(8-11-27)22-13-18-12-17(4-5-21(18)29-22)20-6-9-26-15-19(20)14-25/h4-6,9,12,15-16,22H,7-8,10-11,13H2,1-3H3. The number of carbonyl (C=O) groups excluding carboxylic acids is 1. The Kier molecular flexibility index (Phi) is 5.38. The number of aromatic nitrogens is 1. The minimum absolute atomic E-state index is 0.129. The molecule has 0 saturated carbocycles. The number of rotatable bonds is 2. The molecule has 0 aliphatic carbocycles. The Morgan fingerprint density at radius 1 is 1.27 bits per heavy atom. The van der Waals surface area contributed by atoms with Crippen LogP contribution in [0.1, 0.15) is 44.7 Å². The van der Waals surface area contributed by atoms with Crippen LogP contribution < -0.4 is 4.74 Å². The molecule has 30 heavy (non-hydrogen) atoms. The van der Waals surface area contributed by atoms with Crippen LogP contribution in [0, 0.1) is 17.2 Å². The summed E-state index contributed by atoms with van der Waals surface area (Å²) in [5, 5.41) is 9.36. The number of nitriles is 1. The number of pyridine rings is 1. The van der Waals surface area contributed by atoms with Gasteiger partial charge in [-0.3, -0.25) is 4.98 Å². The highest BCUT2D eigenvalue weighted by Gasteiger charge is 2.35. The smallest absolute Gasteiger partial charge is 0.410 e. The van der Waals surface area contributed by atoms with Crippen LogP contribution in [-0.2, 0) is 11.2 Å². The highest BCUT2D eigenvalue weighted by Crippen LogP contribution is 2.38. The number of likely N-dealkylation sites (tertiary alicyclic amines) is 1. The Morgan fingerprint density at radius 3 is 2.73 bits per heavy atom. The lowest BCUT2D eigenvalue weighted by Gasteiger charge is -2.35. The van der Waals surface area contributed by atoms with Crippen molar-refractivity contribution in [1.29, 1.82) is 5.26 Å². The molecule has 6 heteroatoms. The van der Waals surface area contributed by atoms with Crippen molar-refractivity contribution in [2.24, 2.45) is 5.92 Å². The fourth-order valence-corrected chi connectivity index (χ4v) is 4.22. The van der Waals surface area contributed by atoms with Crippen molar-refractivity contribution >= 4 is 6.09 Å². The summed E-state index contributed by atoms with van der Waals surface area (Å²) >= 11 is 0. The van der Waals surface area contributed by atoms with Crippen LogP contribution in [-0.4, -0.2) is 40.8 Å². The maximum atomic E-state index is 12.3. The van der Waals surface area contributed by atoms with Crippen LogP contribution >= 0.6 is 0 Å². The highest BCUT2D eigenvalue weighted by molar-refractivity contribution is 5.71. The van der Waals surface area contributed by atoms with Crippen LogP contribution in [0.15, 0.2) is 36.7 Å². The van der Waals surface area contributed by atoms with Crippen molar-refractivity contribution in [2.45, 2.75) is 51.7 Å². The van der Waals surface area contributed by atoms with E-state index in [9.17, 15) is 10.1 Å². The van der Waals surface area contributed by atoms with E-state index >= 15 is 0 Å². The molecule has 1 amide bonds. The Hall–Kier alpha value is -3.07. The third kappa shape index (κ3) is 4.25. The van der Waals surface area contributed by atoms with Gasteiger partial charge in [0.15, 0.2) is 0 Å². The predicted molar refractivity (Wildman–Crippen MR) is 113 cm³/mol. The van der Waals surface area contributed by atoms with Crippen LogP contribution in [0.4, 0.5) is 4.79 Å². The number of ether oxygens (including phenoxy) is 2. The Labute approximate surface area is 177 Å². The first kappa shape index (κ1) is 20.2. The van der Waals surface area contributed by atoms with Gasteiger partial charge in [0.1, 0.15) is 23.5 Å². The van der Waals surface area contributed by atoms with Crippen molar-refractivity contribution in [2.75, 3.05) is 13.1 Å². The van der Waals surface area contributed by atoms with Crippen molar-refractivity contribution in [1.82, 2.24) is 9.88 Å². The molecule has 1 saturated heterocycles. The SMILES string of the molecule is CC(C)(C)OC(=O)N1CCC(C2Cc3cc(-c4ccncc4C#N)ccc3O2)CC1. The molecular weight excluding hydrogens is 378 g/mol. The van der Waals surface area contributed by atoms with Crippen LogP contribution in [0.2, 0.25) is 0 Å². The van der Waals surface area contributed by atoms with Gasteiger partial charge in [0.05, 0.1) is 5.56 Å². The van der Waals surface area contributed by atoms with Crippen LogP contribution in [0.5, 0.6) is 5.75 Å². The summed E-state index contributed by atoms with van der Waals surface area (Å²) in [4.78, 5) is 18.1. The Morgan fingerprint density at radius 2 is 2.03 bits per heavy atom. The topological polar surface area (TPSA) is 75.5 Å². The first-order valence-corrected chi connectivity index (χ1v) is 10.5. The van der Waals surface area contributed by atoms with Gasteiger partial charge in [0.2, 0.25) is 0 Å². The summed E-state index contributed by atoms with van der Waals surface area (Å²) in [6.45, 7) is 7.07. The maximum Gasteiger partial charge on any atom is 0.410 e. The van der Waals surface area contributed by atoms with Gasteiger partial charge in [0, 0.05) is 37.5 Å². The fraction of sp³-hybridized carbons (Fsp3) is 0.458. The van der Waals surface area contributed by atoms with Gasteiger partial charge in [-0.2, -0.15) is 5.26 Å². The molecule has 6 nitrogen and oxygen atoms in total. The molecule has 0 radical (unpaired) electrons. The molecule has 4 rings (SSSR count). The maximum absolute atomic E-state index is 12.3. The number of carbonyl (C=O) groups is 1. The molecule has 2 aliphatic rings. The van der Waals surface area contributed by atoms with E-state index in [-0.39, 0.29) is 12.2 Å². The van der Waals surface area contributed by atoms with Gasteiger partial charge in [0.25, 0.3) is 0 Å². The summed E-state index contributed by atoms with van der Waals surface area (Å²) in [7, 11) is 0. The largest absolute Gasteiger partial charge is 0.490 e. The van der Waals surface area contributed by atoms with Crippen molar-refractivity contribution in [3.8, 4) is 22.9 Å². The molecule has 0 N–H and O–H groups in total. The highest BCUT2D eigenvalue weighted by atomic mass is 16.6. The van der Waals surface area contributed by atoms with E-state index in [0.717, 1.165) is 36.1 Å². The average Bonchev–Trinajstić information content (AvgIpc) is 3.16. The van der Waals surface area contributed by atoms with Crippen LogP contribution in [0.25, 0.3) is 11.1 Å². The summed E-state index contributed by atoms with van der Waals surface area (Å²) < 4.78 is 11.7. The Balaban J connectivity index is 1.40. The van der Waals surface area contributed by atoms with Crippen molar-refractivity contribution in [3.05, 3.63) is 47.8 Å². The second-order valence-electron chi connectivity index (χ2n) is 9.02.